The van der Waals surface area contributed by atoms with Gasteiger partial charge in [0.1, 0.15) is 18.4 Å². The second-order valence-corrected chi connectivity index (χ2v) is 4.56. The number of rotatable bonds is 2. The maximum atomic E-state index is 10.8. The van der Waals surface area contributed by atoms with Gasteiger partial charge in [-0.05, 0) is 12.1 Å². The zero-order valence-electron chi connectivity index (χ0n) is 9.85. The van der Waals surface area contributed by atoms with Gasteiger partial charge in [-0.3, -0.25) is 4.79 Å². The number of pyridine rings is 1. The minimum absolute atomic E-state index is 0.157. The van der Waals surface area contributed by atoms with Crippen molar-refractivity contribution in [1.29, 1.82) is 0 Å². The van der Waals surface area contributed by atoms with Crippen molar-refractivity contribution in [3.8, 4) is 11.5 Å². The Morgan fingerprint density at radius 1 is 1.26 bits per heavy atom. The Morgan fingerprint density at radius 2 is 1.95 bits per heavy atom. The van der Waals surface area contributed by atoms with Crippen molar-refractivity contribution in [3.63, 3.8) is 0 Å². The summed E-state index contributed by atoms with van der Waals surface area (Å²) in [4.78, 5) is 15.0. The number of benzene rings is 1. The number of hydrogen-bond acceptors (Lipinski definition) is 4. The Labute approximate surface area is 113 Å². The molecular formula is C13H10ClNO4. The molecule has 0 saturated heterocycles. The Kier molecular flexibility index (Phi) is 2.91. The fourth-order valence-corrected chi connectivity index (χ4v) is 2.23. The van der Waals surface area contributed by atoms with Gasteiger partial charge in [0.15, 0.2) is 11.5 Å². The van der Waals surface area contributed by atoms with E-state index in [9.17, 15) is 4.79 Å². The summed E-state index contributed by atoms with van der Waals surface area (Å²) in [6.07, 6.45) is -0.157. The van der Waals surface area contributed by atoms with E-state index in [4.69, 9.17) is 26.2 Å². The molecule has 0 unspecified atom stereocenters. The monoisotopic (exact) mass is 279 g/mol. The number of nitrogens with zero attached hydrogens (tertiary/aromatic N) is 1. The lowest BCUT2D eigenvalue weighted by Crippen LogP contribution is -2.15. The molecule has 2 heterocycles. The highest BCUT2D eigenvalue weighted by molar-refractivity contribution is 6.30. The molecule has 1 aliphatic heterocycles. The molecule has 1 aromatic heterocycles. The van der Waals surface area contributed by atoms with E-state index in [0.29, 0.717) is 35.8 Å². The van der Waals surface area contributed by atoms with Crippen molar-refractivity contribution in [2.24, 2.45) is 0 Å². The third-order valence-electron chi connectivity index (χ3n) is 2.85. The number of carboxylic acids is 1. The number of ether oxygens (including phenoxy) is 2. The highest BCUT2D eigenvalue weighted by Gasteiger charge is 2.15. The fraction of sp³-hybridized carbons (Fsp3) is 0.231. The molecule has 2 aromatic rings. The van der Waals surface area contributed by atoms with Crippen LogP contribution in [0.2, 0.25) is 5.15 Å². The molecule has 98 valence electrons. The van der Waals surface area contributed by atoms with E-state index < -0.39 is 5.97 Å². The molecule has 0 atom stereocenters. The van der Waals surface area contributed by atoms with Gasteiger partial charge in [0.05, 0.1) is 11.9 Å². The van der Waals surface area contributed by atoms with Crippen LogP contribution in [-0.4, -0.2) is 29.3 Å². The summed E-state index contributed by atoms with van der Waals surface area (Å²) in [6.45, 7) is 1.00. The zero-order valence-corrected chi connectivity index (χ0v) is 10.6. The van der Waals surface area contributed by atoms with Crippen molar-refractivity contribution >= 4 is 28.5 Å². The van der Waals surface area contributed by atoms with Crippen molar-refractivity contribution < 1.29 is 19.4 Å². The van der Waals surface area contributed by atoms with Crippen LogP contribution >= 0.6 is 11.6 Å². The van der Waals surface area contributed by atoms with Gasteiger partial charge in [-0.1, -0.05) is 11.6 Å². The van der Waals surface area contributed by atoms with E-state index in [1.807, 2.05) is 0 Å². The Hall–Kier alpha value is -2.01. The number of halogens is 1. The second kappa shape index (κ2) is 4.59. The summed E-state index contributed by atoms with van der Waals surface area (Å²) in [6, 6.07) is 5.26. The van der Waals surface area contributed by atoms with Crippen molar-refractivity contribution in [2.45, 2.75) is 6.42 Å². The predicted octanol–water partition coefficient (Wildman–Crippen LogP) is 2.29. The molecule has 5 nitrogen and oxygen atoms in total. The highest BCUT2D eigenvalue weighted by Crippen LogP contribution is 2.35. The van der Waals surface area contributed by atoms with Crippen LogP contribution in [0.1, 0.15) is 5.56 Å². The molecule has 0 saturated carbocycles. The summed E-state index contributed by atoms with van der Waals surface area (Å²) in [5.41, 5.74) is 1.14. The molecule has 1 N–H and O–H groups in total. The number of fused-ring (bicyclic) bond motifs is 2. The largest absolute Gasteiger partial charge is 0.486 e. The number of hydrogen-bond donors (Lipinski definition) is 1. The summed E-state index contributed by atoms with van der Waals surface area (Å²) < 4.78 is 10.9. The van der Waals surface area contributed by atoms with Crippen LogP contribution in [0, 0.1) is 0 Å². The molecule has 0 radical (unpaired) electrons. The first-order chi connectivity index (χ1) is 9.13. The molecular weight excluding hydrogens is 270 g/mol. The smallest absolute Gasteiger partial charge is 0.307 e. The van der Waals surface area contributed by atoms with Crippen LogP contribution < -0.4 is 9.47 Å². The van der Waals surface area contributed by atoms with E-state index in [0.717, 1.165) is 5.39 Å². The van der Waals surface area contributed by atoms with E-state index >= 15 is 0 Å². The van der Waals surface area contributed by atoms with Gasteiger partial charge in [0, 0.05) is 17.0 Å². The van der Waals surface area contributed by atoms with E-state index in [1.54, 1.807) is 18.2 Å². The molecule has 1 aromatic carbocycles. The van der Waals surface area contributed by atoms with Crippen LogP contribution in [0.25, 0.3) is 10.9 Å². The first-order valence-corrected chi connectivity index (χ1v) is 6.12. The van der Waals surface area contributed by atoms with Gasteiger partial charge < -0.3 is 14.6 Å². The van der Waals surface area contributed by atoms with Crippen LogP contribution in [0.5, 0.6) is 11.5 Å². The molecule has 19 heavy (non-hydrogen) atoms. The van der Waals surface area contributed by atoms with E-state index in [-0.39, 0.29) is 11.6 Å². The van der Waals surface area contributed by atoms with Gasteiger partial charge in [0.25, 0.3) is 0 Å². The standard InChI is InChI=1S/C13H10ClNO4/c14-13-8(5-12(16)17)3-7-4-10-11(6-9(7)15-13)19-2-1-18-10/h3-4,6H,1-2,5H2,(H,16,17). The van der Waals surface area contributed by atoms with Crippen LogP contribution in [-0.2, 0) is 11.2 Å². The summed E-state index contributed by atoms with van der Waals surface area (Å²) in [5.74, 6) is 0.332. The predicted molar refractivity (Wildman–Crippen MR) is 69.1 cm³/mol. The maximum Gasteiger partial charge on any atom is 0.307 e. The molecule has 6 heteroatoms. The Morgan fingerprint density at radius 3 is 2.63 bits per heavy atom. The van der Waals surface area contributed by atoms with E-state index in [1.165, 1.54) is 0 Å². The first-order valence-electron chi connectivity index (χ1n) is 5.74. The average molecular weight is 280 g/mol. The fourth-order valence-electron chi connectivity index (χ4n) is 2.02. The first kappa shape index (κ1) is 12.0. The van der Waals surface area contributed by atoms with Gasteiger partial charge in [-0.15, -0.1) is 0 Å². The summed E-state index contributed by atoms with van der Waals surface area (Å²) in [5, 5.41) is 9.81. The van der Waals surface area contributed by atoms with Crippen molar-refractivity contribution in [3.05, 3.63) is 28.9 Å². The second-order valence-electron chi connectivity index (χ2n) is 4.20. The molecule has 0 bridgehead atoms. The third-order valence-corrected chi connectivity index (χ3v) is 3.17. The molecule has 0 spiro atoms. The molecule has 3 rings (SSSR count). The van der Waals surface area contributed by atoms with Crippen LogP contribution in [0.4, 0.5) is 0 Å². The van der Waals surface area contributed by atoms with Crippen molar-refractivity contribution in [2.75, 3.05) is 13.2 Å². The minimum Gasteiger partial charge on any atom is -0.486 e. The van der Waals surface area contributed by atoms with Crippen LogP contribution in [0.3, 0.4) is 0 Å². The Balaban J connectivity index is 2.14. The molecule has 0 fully saturated rings. The SMILES string of the molecule is O=C(O)Cc1cc2cc3c(cc2nc1Cl)OCCO3. The van der Waals surface area contributed by atoms with Gasteiger partial charge in [-0.2, -0.15) is 0 Å². The summed E-state index contributed by atoms with van der Waals surface area (Å²) in [7, 11) is 0. The lowest BCUT2D eigenvalue weighted by Gasteiger charge is -2.18. The number of aliphatic carboxylic acids is 1. The quantitative estimate of drug-likeness (QED) is 0.854. The lowest BCUT2D eigenvalue weighted by molar-refractivity contribution is -0.136. The van der Waals surface area contributed by atoms with Gasteiger partial charge in [-0.25, -0.2) is 4.98 Å². The third kappa shape index (κ3) is 2.29. The maximum absolute atomic E-state index is 10.8. The van der Waals surface area contributed by atoms with Crippen molar-refractivity contribution in [1.82, 2.24) is 4.98 Å². The highest BCUT2D eigenvalue weighted by atomic mass is 35.5. The average Bonchev–Trinajstić information content (AvgIpc) is 2.37. The number of carboxylic acid groups (broad SMARTS) is 1. The number of aromatic nitrogens is 1. The number of carbonyl (C=O) groups is 1. The topological polar surface area (TPSA) is 68.7 Å². The Bertz CT molecular complexity index is 671. The van der Waals surface area contributed by atoms with E-state index in [2.05, 4.69) is 4.98 Å². The molecule has 0 amide bonds. The normalized spacial score (nSPS) is 13.5. The van der Waals surface area contributed by atoms with Gasteiger partial charge in [0.2, 0.25) is 0 Å². The lowest BCUT2D eigenvalue weighted by atomic mass is 10.1. The van der Waals surface area contributed by atoms with Crippen LogP contribution in [0.15, 0.2) is 18.2 Å². The van der Waals surface area contributed by atoms with Gasteiger partial charge >= 0.3 is 5.97 Å². The minimum atomic E-state index is -0.944. The molecule has 0 aliphatic carbocycles. The molecule has 1 aliphatic rings. The summed E-state index contributed by atoms with van der Waals surface area (Å²) >= 11 is 5.98. The zero-order chi connectivity index (χ0) is 13.4.